The van der Waals surface area contributed by atoms with Crippen molar-refractivity contribution in [3.8, 4) is 11.4 Å². The topological polar surface area (TPSA) is 78.3 Å². The molecule has 8 nitrogen and oxygen atoms in total. The molecule has 0 spiro atoms. The molecule has 1 amide bonds. The zero-order valence-corrected chi connectivity index (χ0v) is 23.4. The minimum absolute atomic E-state index is 0.0178. The molecule has 8 heteroatoms. The Kier molecular flexibility index (Phi) is 6.05. The van der Waals surface area contributed by atoms with Crippen LogP contribution in [-0.4, -0.2) is 52.7 Å². The molecule has 4 heterocycles. The first-order valence-electron chi connectivity index (χ1n) is 14.9. The number of pyridine rings is 1. The van der Waals surface area contributed by atoms with Crippen molar-refractivity contribution in [3.63, 3.8) is 0 Å². The molecule has 1 saturated heterocycles. The first-order valence-corrected chi connectivity index (χ1v) is 14.9. The largest absolute Gasteiger partial charge is 0.382 e. The number of hydrogen-bond donors (Lipinski definition) is 2. The van der Waals surface area contributed by atoms with Crippen LogP contribution in [-0.2, 0) is 11.2 Å². The average Bonchev–Trinajstić information content (AvgIpc) is 3.79. The number of carbonyl (C=O) groups excluding carboxylic acids is 1. The second-order valence-electron chi connectivity index (χ2n) is 11.5. The van der Waals surface area contributed by atoms with Gasteiger partial charge in [0.2, 0.25) is 5.91 Å². The molecule has 2 fully saturated rings. The van der Waals surface area contributed by atoms with Crippen LogP contribution in [0.4, 0.5) is 22.9 Å². The molecule has 1 aliphatic carbocycles. The highest BCUT2D eigenvalue weighted by molar-refractivity contribution is 6.02. The second kappa shape index (κ2) is 10.2. The highest BCUT2D eigenvalue weighted by Crippen LogP contribution is 2.40. The number of fused-ring (bicyclic) bond motifs is 5. The highest BCUT2D eigenvalue weighted by Gasteiger charge is 2.32. The minimum atomic E-state index is -0.424. The van der Waals surface area contributed by atoms with Crippen molar-refractivity contribution >= 4 is 39.8 Å². The Morgan fingerprint density at radius 2 is 1.67 bits per heavy atom. The average molecular weight is 556 g/mol. The number of carbonyl (C=O) groups is 1. The molecule has 2 aliphatic heterocycles. The second-order valence-corrected chi connectivity index (χ2v) is 11.5. The van der Waals surface area contributed by atoms with E-state index in [0.29, 0.717) is 12.5 Å². The van der Waals surface area contributed by atoms with Gasteiger partial charge in [0.1, 0.15) is 17.7 Å². The predicted octanol–water partition coefficient (Wildman–Crippen LogP) is 5.74. The van der Waals surface area contributed by atoms with E-state index in [4.69, 9.17) is 4.98 Å². The number of benzene rings is 3. The van der Waals surface area contributed by atoms with Crippen molar-refractivity contribution in [3.05, 3.63) is 96.7 Å². The van der Waals surface area contributed by atoms with Crippen LogP contribution in [0, 0.1) is 0 Å². The lowest BCUT2D eigenvalue weighted by atomic mass is 10.0. The Morgan fingerprint density at radius 1 is 0.857 bits per heavy atom. The van der Waals surface area contributed by atoms with Crippen molar-refractivity contribution in [2.24, 2.45) is 0 Å². The van der Waals surface area contributed by atoms with E-state index in [2.05, 4.69) is 78.5 Å². The van der Waals surface area contributed by atoms with Gasteiger partial charge >= 0.3 is 0 Å². The minimum Gasteiger partial charge on any atom is -0.382 e. The monoisotopic (exact) mass is 555 g/mol. The third-order valence-electron chi connectivity index (χ3n) is 8.64. The van der Waals surface area contributed by atoms with E-state index < -0.39 is 6.04 Å². The smallest absolute Gasteiger partial charge is 0.247 e. The predicted molar refractivity (Wildman–Crippen MR) is 168 cm³/mol. The molecule has 5 aromatic rings. The number of hydrogen-bond acceptors (Lipinski definition) is 6. The van der Waals surface area contributed by atoms with Gasteiger partial charge in [-0.1, -0.05) is 36.4 Å². The molecule has 2 N–H and O–H groups in total. The summed E-state index contributed by atoms with van der Waals surface area (Å²) in [6.07, 6.45) is 4.84. The van der Waals surface area contributed by atoms with Crippen LogP contribution in [0.5, 0.6) is 0 Å². The Morgan fingerprint density at radius 3 is 2.45 bits per heavy atom. The Hall–Kier alpha value is -4.85. The quantitative estimate of drug-likeness (QED) is 0.279. The van der Waals surface area contributed by atoms with E-state index in [1.807, 2.05) is 42.6 Å². The molecule has 1 atom stereocenters. The summed E-state index contributed by atoms with van der Waals surface area (Å²) in [5, 5.41) is 6.84. The Balaban J connectivity index is 1.18. The number of amides is 1. The van der Waals surface area contributed by atoms with Gasteiger partial charge in [-0.25, -0.2) is 9.97 Å². The number of aromatic nitrogens is 3. The lowest BCUT2D eigenvalue weighted by Crippen LogP contribution is -2.46. The van der Waals surface area contributed by atoms with Crippen molar-refractivity contribution in [1.82, 2.24) is 14.5 Å². The van der Waals surface area contributed by atoms with Gasteiger partial charge in [-0.3, -0.25) is 4.79 Å². The Labute approximate surface area is 245 Å². The molecule has 210 valence electrons. The summed E-state index contributed by atoms with van der Waals surface area (Å²) in [4.78, 5) is 28.3. The maximum Gasteiger partial charge on any atom is 0.247 e. The summed E-state index contributed by atoms with van der Waals surface area (Å²) >= 11 is 0. The number of nitrogens with zero attached hydrogens (tertiary/aromatic N) is 5. The number of rotatable bonds is 6. The lowest BCUT2D eigenvalue weighted by molar-refractivity contribution is -0.119. The van der Waals surface area contributed by atoms with Gasteiger partial charge in [0.25, 0.3) is 0 Å². The van der Waals surface area contributed by atoms with Crippen LogP contribution in [0.3, 0.4) is 0 Å². The van der Waals surface area contributed by atoms with E-state index in [9.17, 15) is 4.79 Å². The lowest BCUT2D eigenvalue weighted by Gasteiger charge is -2.36. The zero-order valence-electron chi connectivity index (χ0n) is 23.4. The fourth-order valence-corrected chi connectivity index (χ4v) is 6.27. The van der Waals surface area contributed by atoms with Gasteiger partial charge in [-0.2, -0.15) is 0 Å². The van der Waals surface area contributed by atoms with Gasteiger partial charge in [0, 0.05) is 61.8 Å². The van der Waals surface area contributed by atoms with Crippen LogP contribution in [0.15, 0.2) is 91.1 Å². The molecule has 0 radical (unpaired) electrons. The standard InChI is InChI=1S/C34H33N7O/c42-34-31(20-23-6-2-1-3-7-23)41-30-14-12-26(39-16-18-40(19-17-39)32-8-4-5-15-35-32)22-29(30)37-33(41)27-21-25(36-24-9-10-24)11-13-28(27)38-34/h1-8,11-15,21-22,24,31,36H,9-10,16-20H2,(H,38,42). The zero-order chi connectivity index (χ0) is 28.0. The van der Waals surface area contributed by atoms with E-state index in [1.165, 1.54) is 12.8 Å². The molecule has 1 saturated carbocycles. The number of nitrogens with one attached hydrogen (secondary N) is 2. The maximum absolute atomic E-state index is 13.8. The Bertz CT molecular complexity index is 1760. The fourth-order valence-electron chi connectivity index (χ4n) is 6.27. The van der Waals surface area contributed by atoms with Gasteiger partial charge < -0.3 is 25.0 Å². The summed E-state index contributed by atoms with van der Waals surface area (Å²) < 4.78 is 2.16. The molecule has 42 heavy (non-hydrogen) atoms. The van der Waals surface area contributed by atoms with Crippen molar-refractivity contribution in [2.45, 2.75) is 31.3 Å². The van der Waals surface area contributed by atoms with E-state index in [1.54, 1.807) is 0 Å². The van der Waals surface area contributed by atoms with Crippen LogP contribution < -0.4 is 20.4 Å². The summed E-state index contributed by atoms with van der Waals surface area (Å²) in [5.74, 6) is 1.84. The van der Waals surface area contributed by atoms with Gasteiger partial charge in [-0.05, 0) is 66.9 Å². The number of imidazole rings is 1. The summed E-state index contributed by atoms with van der Waals surface area (Å²) in [6.45, 7) is 3.65. The molecular weight excluding hydrogens is 522 g/mol. The molecular formula is C34H33N7O. The normalized spacial score (nSPS) is 18.3. The van der Waals surface area contributed by atoms with Crippen molar-refractivity contribution in [2.75, 3.05) is 46.6 Å². The highest BCUT2D eigenvalue weighted by atomic mass is 16.2. The van der Waals surface area contributed by atoms with Crippen molar-refractivity contribution in [1.29, 1.82) is 0 Å². The van der Waals surface area contributed by atoms with E-state index in [0.717, 1.165) is 77.0 Å². The molecule has 0 bridgehead atoms. The van der Waals surface area contributed by atoms with Gasteiger partial charge in [0.05, 0.1) is 16.7 Å². The van der Waals surface area contributed by atoms with Crippen LogP contribution in [0.2, 0.25) is 0 Å². The molecule has 8 rings (SSSR count). The summed E-state index contributed by atoms with van der Waals surface area (Å²) in [6, 6.07) is 29.2. The molecule has 1 unspecified atom stereocenters. The fraction of sp³-hybridized carbons (Fsp3) is 0.265. The van der Waals surface area contributed by atoms with Crippen LogP contribution >= 0.6 is 0 Å². The number of anilines is 4. The first-order chi connectivity index (χ1) is 20.7. The molecule has 3 aromatic carbocycles. The van der Waals surface area contributed by atoms with E-state index in [-0.39, 0.29) is 5.91 Å². The third-order valence-corrected chi connectivity index (χ3v) is 8.64. The first kappa shape index (κ1) is 24.9. The number of piperazine rings is 1. The summed E-state index contributed by atoms with van der Waals surface area (Å²) in [5.41, 5.74) is 6.99. The third kappa shape index (κ3) is 4.62. The van der Waals surface area contributed by atoms with Gasteiger partial charge in [-0.15, -0.1) is 0 Å². The maximum atomic E-state index is 13.8. The molecule has 3 aliphatic rings. The van der Waals surface area contributed by atoms with Crippen LogP contribution in [0.1, 0.15) is 24.4 Å². The van der Waals surface area contributed by atoms with Crippen LogP contribution in [0.25, 0.3) is 22.4 Å². The SMILES string of the molecule is O=C1Nc2ccc(NC3CC3)cc2-c2nc3cc(N4CCN(c5ccccn5)CC4)ccc3n2C1Cc1ccccc1. The van der Waals surface area contributed by atoms with Gasteiger partial charge in [0.15, 0.2) is 0 Å². The molecule has 2 aromatic heterocycles. The summed E-state index contributed by atoms with van der Waals surface area (Å²) in [7, 11) is 0. The van der Waals surface area contributed by atoms with E-state index >= 15 is 0 Å². The van der Waals surface area contributed by atoms with Crippen molar-refractivity contribution < 1.29 is 4.79 Å².